The lowest BCUT2D eigenvalue weighted by molar-refractivity contribution is -0.248. The van der Waals surface area contributed by atoms with Crippen LogP contribution in [-0.4, -0.2) is 23.1 Å². The first kappa shape index (κ1) is 22.0. The van der Waals surface area contributed by atoms with Gasteiger partial charge in [-0.2, -0.15) is 5.53 Å². The van der Waals surface area contributed by atoms with E-state index in [9.17, 15) is 4.79 Å². The third-order valence-corrected chi connectivity index (χ3v) is 5.13. The summed E-state index contributed by atoms with van der Waals surface area (Å²) in [5.41, 5.74) is 11.8. The van der Waals surface area contributed by atoms with Gasteiger partial charge in [0.15, 0.2) is 0 Å². The van der Waals surface area contributed by atoms with E-state index in [1.807, 2.05) is 62.4 Å². The first-order valence-corrected chi connectivity index (χ1v) is 10.2. The molecule has 7 heteroatoms. The van der Waals surface area contributed by atoms with Crippen molar-refractivity contribution in [3.05, 3.63) is 77.0 Å². The normalized spacial score (nSPS) is 10.5. The second kappa shape index (κ2) is 9.84. The number of nitrogens with zero attached hydrogens (tertiary/aromatic N) is 3. The molecular weight excluding hydrogens is 390 g/mol. The Labute approximate surface area is 182 Å². The third kappa shape index (κ3) is 5.25. The van der Waals surface area contributed by atoms with Crippen LogP contribution in [0.4, 0.5) is 10.5 Å². The maximum absolute atomic E-state index is 12.1. The molecule has 0 bridgehead atoms. The van der Waals surface area contributed by atoms with Crippen LogP contribution in [0, 0.1) is 13.8 Å². The number of aromatic nitrogens is 1. The molecule has 0 unspecified atom stereocenters. The number of ether oxygens (including phenoxy) is 1. The number of urea groups is 1. The van der Waals surface area contributed by atoms with E-state index in [2.05, 4.69) is 23.5 Å². The fraction of sp³-hybridized carbons (Fsp3) is 0.250. The van der Waals surface area contributed by atoms with E-state index in [0.29, 0.717) is 12.3 Å². The number of pyridine rings is 1. The van der Waals surface area contributed by atoms with Crippen molar-refractivity contribution in [1.29, 1.82) is 0 Å². The highest BCUT2D eigenvalue weighted by Crippen LogP contribution is 2.28. The van der Waals surface area contributed by atoms with Crippen LogP contribution in [0.5, 0.6) is 5.75 Å². The molecule has 3 N–H and O–H groups in total. The second-order valence-electron chi connectivity index (χ2n) is 7.31. The van der Waals surface area contributed by atoms with Crippen LogP contribution in [-0.2, 0) is 13.0 Å². The van der Waals surface area contributed by atoms with Gasteiger partial charge in [0.1, 0.15) is 19.4 Å². The van der Waals surface area contributed by atoms with Gasteiger partial charge >= 0.3 is 6.03 Å². The Kier molecular flexibility index (Phi) is 6.97. The van der Waals surface area contributed by atoms with Crippen LogP contribution in [0.15, 0.2) is 59.8 Å². The molecule has 7 nitrogen and oxygen atoms in total. The number of hydrogen-bond acceptors (Lipinski definition) is 4. The van der Waals surface area contributed by atoms with Gasteiger partial charge < -0.3 is 4.74 Å². The predicted molar refractivity (Wildman–Crippen MR) is 120 cm³/mol. The lowest BCUT2D eigenvalue weighted by atomic mass is 10.1. The molecule has 0 saturated carbocycles. The maximum Gasteiger partial charge on any atom is 0.433 e. The van der Waals surface area contributed by atoms with Crippen LogP contribution >= 0.6 is 0 Å². The summed E-state index contributed by atoms with van der Waals surface area (Å²) in [5.74, 6) is 0.782. The Balaban J connectivity index is 1.78. The molecule has 2 aromatic carbocycles. The highest BCUT2D eigenvalue weighted by atomic mass is 16.5. The molecule has 3 aromatic rings. The molecule has 0 spiro atoms. The Bertz CT molecular complexity index is 1100. The number of benzene rings is 2. The number of hydrogen-bond donors (Lipinski definition) is 2. The number of amides is 2. The van der Waals surface area contributed by atoms with Crippen LogP contribution in [0.25, 0.3) is 11.3 Å². The first-order valence-electron chi connectivity index (χ1n) is 10.2. The topological polar surface area (TPSA) is 92.4 Å². The molecule has 1 heterocycles. The fourth-order valence-corrected chi connectivity index (χ4v) is 3.22. The van der Waals surface area contributed by atoms with Crippen molar-refractivity contribution in [3.8, 4) is 17.0 Å². The molecular formula is C24H28N5O2+. The minimum Gasteiger partial charge on any atom is -0.489 e. The number of rotatable bonds is 7. The summed E-state index contributed by atoms with van der Waals surface area (Å²) >= 11 is 0. The Morgan fingerprint density at radius 3 is 2.61 bits per heavy atom. The fourth-order valence-electron chi connectivity index (χ4n) is 3.22. The van der Waals surface area contributed by atoms with Crippen LogP contribution in [0.2, 0.25) is 0 Å². The minimum absolute atomic E-state index is 0.315. The zero-order chi connectivity index (χ0) is 22.4. The van der Waals surface area contributed by atoms with Gasteiger partial charge in [0.2, 0.25) is 0 Å². The van der Waals surface area contributed by atoms with E-state index >= 15 is 0 Å². The van der Waals surface area contributed by atoms with Gasteiger partial charge in [-0.25, -0.2) is 4.79 Å². The molecule has 0 fully saturated rings. The van der Waals surface area contributed by atoms with Crippen LogP contribution < -0.4 is 15.6 Å². The lowest BCUT2D eigenvalue weighted by Gasteiger charge is -2.16. The quantitative estimate of drug-likeness (QED) is 0.447. The number of nitrogens with two attached hydrogens (primary N) is 1. The molecule has 1 aromatic heterocycles. The van der Waals surface area contributed by atoms with Crippen molar-refractivity contribution in [2.75, 3.05) is 12.4 Å². The minimum atomic E-state index is -0.420. The average Bonchev–Trinajstić information content (AvgIpc) is 2.78. The summed E-state index contributed by atoms with van der Waals surface area (Å²) < 4.78 is 6.12. The van der Waals surface area contributed by atoms with E-state index in [1.165, 1.54) is 7.05 Å². The molecule has 31 heavy (non-hydrogen) atoms. The second-order valence-corrected chi connectivity index (χ2v) is 7.31. The summed E-state index contributed by atoms with van der Waals surface area (Å²) in [4.78, 5) is 16.8. The highest BCUT2D eigenvalue weighted by Gasteiger charge is 2.17. The third-order valence-electron chi connectivity index (χ3n) is 5.13. The highest BCUT2D eigenvalue weighted by molar-refractivity contribution is 5.89. The zero-order valence-corrected chi connectivity index (χ0v) is 18.3. The number of nitrogens with one attached hydrogen (secondary N) is 1. The van der Waals surface area contributed by atoms with Crippen molar-refractivity contribution >= 4 is 11.7 Å². The first-order chi connectivity index (χ1) is 14.9. The standard InChI is InChI=1S/C24H27N5O2/c1-5-19-9-7-10-21(26-19)18-12-13-23(17(3)14-18)31-15-20-16(2)8-6-11-22(20)27-24(30)29(4)28-25/h6-14,25H,5,15H2,1-4H3,(H,27,30)/p+1. The summed E-state index contributed by atoms with van der Waals surface area (Å²) in [6.45, 7) is 6.41. The van der Waals surface area contributed by atoms with E-state index in [4.69, 9.17) is 15.3 Å². The monoisotopic (exact) mass is 418 g/mol. The van der Waals surface area contributed by atoms with E-state index < -0.39 is 6.03 Å². The van der Waals surface area contributed by atoms with Gasteiger partial charge in [0.05, 0.1) is 16.6 Å². The van der Waals surface area contributed by atoms with Gasteiger partial charge in [0.25, 0.3) is 0 Å². The zero-order valence-electron chi connectivity index (χ0n) is 18.3. The number of aryl methyl sites for hydroxylation is 3. The average molecular weight is 419 g/mol. The van der Waals surface area contributed by atoms with E-state index in [-0.39, 0.29) is 0 Å². The molecule has 0 atom stereocenters. The van der Waals surface area contributed by atoms with Crippen LogP contribution in [0.1, 0.15) is 29.3 Å². The largest absolute Gasteiger partial charge is 0.489 e. The Morgan fingerprint density at radius 2 is 1.90 bits per heavy atom. The van der Waals surface area contributed by atoms with Gasteiger partial charge in [-0.1, -0.05) is 30.1 Å². The van der Waals surface area contributed by atoms with Crippen molar-refractivity contribution in [1.82, 2.24) is 9.99 Å². The summed E-state index contributed by atoms with van der Waals surface area (Å²) in [6.07, 6.45) is 0.901. The molecule has 0 aliphatic heterocycles. The molecule has 2 amide bonds. The molecule has 0 radical (unpaired) electrons. The van der Waals surface area contributed by atoms with Gasteiger partial charge in [0, 0.05) is 16.8 Å². The Hall–Kier alpha value is -3.74. The maximum atomic E-state index is 12.1. The smallest absolute Gasteiger partial charge is 0.433 e. The van der Waals surface area contributed by atoms with E-state index in [1.54, 1.807) is 0 Å². The molecule has 160 valence electrons. The molecule has 3 rings (SSSR count). The van der Waals surface area contributed by atoms with Crippen molar-refractivity contribution in [2.45, 2.75) is 33.8 Å². The number of anilines is 1. The van der Waals surface area contributed by atoms with Crippen molar-refractivity contribution < 1.29 is 15.1 Å². The van der Waals surface area contributed by atoms with Crippen molar-refractivity contribution in [2.24, 2.45) is 5.22 Å². The predicted octanol–water partition coefficient (Wildman–Crippen LogP) is 4.10. The summed E-state index contributed by atoms with van der Waals surface area (Å²) in [5, 5.41) is 7.23. The number of carbonyl (C=O) groups is 1. The SMILES string of the molecule is CCc1cccc(-c2ccc(OCc3c(C)cccc3NC(=O)N(C)N=[NH2+])c(C)c2)n1. The van der Waals surface area contributed by atoms with Gasteiger partial charge in [-0.05, 0) is 67.8 Å². The molecule has 0 aliphatic rings. The Morgan fingerprint density at radius 1 is 1.13 bits per heavy atom. The van der Waals surface area contributed by atoms with Gasteiger partial charge in [-0.15, -0.1) is 0 Å². The molecule has 0 saturated heterocycles. The van der Waals surface area contributed by atoms with E-state index in [0.717, 1.165) is 50.8 Å². The summed E-state index contributed by atoms with van der Waals surface area (Å²) in [7, 11) is 1.48. The van der Waals surface area contributed by atoms with Gasteiger partial charge in [-0.3, -0.25) is 10.3 Å². The molecule has 0 aliphatic carbocycles. The van der Waals surface area contributed by atoms with Crippen LogP contribution in [0.3, 0.4) is 0 Å². The summed E-state index contributed by atoms with van der Waals surface area (Å²) in [6, 6.07) is 17.4. The lowest BCUT2D eigenvalue weighted by Crippen LogP contribution is -2.37. The van der Waals surface area contributed by atoms with Crippen molar-refractivity contribution in [3.63, 3.8) is 0 Å². The number of carbonyl (C=O) groups excluding carboxylic acids is 1.